The van der Waals surface area contributed by atoms with Gasteiger partial charge in [-0.2, -0.15) is 4.31 Å². The topological polar surface area (TPSA) is 97.5 Å². The average molecular weight is 324 g/mol. The first-order valence-corrected chi connectivity index (χ1v) is 10.6. The number of nitrogens with zero attached hydrogens (tertiary/aromatic N) is 1. The molecule has 0 bridgehead atoms. The van der Waals surface area contributed by atoms with Crippen LogP contribution in [0.5, 0.6) is 0 Å². The largest absolute Gasteiger partial charge is 0.330 e. The smallest absolute Gasteiger partial charge is 0.217 e. The lowest BCUT2D eigenvalue weighted by Gasteiger charge is -2.37. The zero-order valence-electron chi connectivity index (χ0n) is 11.7. The zero-order chi connectivity index (χ0) is 14.8. The van der Waals surface area contributed by atoms with Gasteiger partial charge in [0, 0.05) is 12.6 Å². The maximum atomic E-state index is 12.7. The van der Waals surface area contributed by atoms with E-state index >= 15 is 0 Å². The molecule has 2 fully saturated rings. The van der Waals surface area contributed by atoms with Crippen LogP contribution in [0.2, 0.25) is 0 Å². The number of piperidine rings is 1. The van der Waals surface area contributed by atoms with Crippen molar-refractivity contribution < 1.29 is 16.8 Å². The Morgan fingerprint density at radius 2 is 1.75 bits per heavy atom. The summed E-state index contributed by atoms with van der Waals surface area (Å²) in [7, 11) is -6.43. The van der Waals surface area contributed by atoms with Gasteiger partial charge in [0.05, 0.1) is 16.8 Å². The van der Waals surface area contributed by atoms with Crippen LogP contribution in [0.1, 0.15) is 38.5 Å². The second-order valence-electron chi connectivity index (χ2n) is 5.73. The average Bonchev–Trinajstić information content (AvgIpc) is 2.39. The Labute approximate surface area is 121 Å². The van der Waals surface area contributed by atoms with E-state index in [0.29, 0.717) is 19.5 Å². The molecular weight excluding hydrogens is 300 g/mol. The van der Waals surface area contributed by atoms with Gasteiger partial charge >= 0.3 is 0 Å². The number of hydrogen-bond acceptors (Lipinski definition) is 5. The summed E-state index contributed by atoms with van der Waals surface area (Å²) in [4.78, 5) is 0. The molecule has 0 aromatic rings. The molecule has 0 amide bonds. The standard InChI is InChI=1S/C12H24N2O4S2/c13-7-4-11-3-1-2-8-14(11)20(17,18)12-5-9-19(15,16)10-6-12/h11-12H,1-10,13H2. The second kappa shape index (κ2) is 6.29. The van der Waals surface area contributed by atoms with E-state index in [0.717, 1.165) is 19.3 Å². The van der Waals surface area contributed by atoms with Crippen molar-refractivity contribution in [2.24, 2.45) is 5.73 Å². The van der Waals surface area contributed by atoms with Gasteiger partial charge < -0.3 is 5.73 Å². The Kier molecular flexibility index (Phi) is 5.09. The quantitative estimate of drug-likeness (QED) is 0.791. The minimum Gasteiger partial charge on any atom is -0.330 e. The van der Waals surface area contributed by atoms with E-state index in [4.69, 9.17) is 5.73 Å². The van der Waals surface area contributed by atoms with Crippen molar-refractivity contribution in [1.82, 2.24) is 4.31 Å². The third-order valence-corrected chi connectivity index (χ3v) is 8.49. The van der Waals surface area contributed by atoms with Gasteiger partial charge in [-0.3, -0.25) is 0 Å². The fourth-order valence-corrected chi connectivity index (χ4v) is 7.16. The molecule has 2 aliphatic rings. The summed E-state index contributed by atoms with van der Waals surface area (Å²) in [6.45, 7) is 1.03. The molecule has 0 radical (unpaired) electrons. The van der Waals surface area contributed by atoms with Crippen LogP contribution < -0.4 is 5.73 Å². The maximum Gasteiger partial charge on any atom is 0.217 e. The molecule has 2 saturated heterocycles. The molecule has 118 valence electrons. The molecule has 0 aromatic carbocycles. The highest BCUT2D eigenvalue weighted by atomic mass is 32.2. The molecule has 0 aliphatic carbocycles. The molecule has 0 aromatic heterocycles. The molecule has 0 spiro atoms. The lowest BCUT2D eigenvalue weighted by molar-refractivity contribution is 0.240. The van der Waals surface area contributed by atoms with Crippen molar-refractivity contribution in [3.05, 3.63) is 0 Å². The van der Waals surface area contributed by atoms with E-state index in [9.17, 15) is 16.8 Å². The summed E-state index contributed by atoms with van der Waals surface area (Å²) in [6, 6.07) is -0.00252. The van der Waals surface area contributed by atoms with Crippen molar-refractivity contribution in [2.75, 3.05) is 24.6 Å². The van der Waals surface area contributed by atoms with Crippen molar-refractivity contribution in [3.63, 3.8) is 0 Å². The monoisotopic (exact) mass is 324 g/mol. The maximum absolute atomic E-state index is 12.7. The highest BCUT2D eigenvalue weighted by Gasteiger charge is 2.40. The van der Waals surface area contributed by atoms with Crippen molar-refractivity contribution >= 4 is 19.9 Å². The Hall–Kier alpha value is -0.180. The third-order valence-electron chi connectivity index (χ3n) is 4.32. The lowest BCUT2D eigenvalue weighted by atomic mass is 10.0. The van der Waals surface area contributed by atoms with Gasteiger partial charge in [-0.25, -0.2) is 16.8 Å². The number of nitrogens with two attached hydrogens (primary N) is 1. The Bertz CT molecular complexity index is 514. The van der Waals surface area contributed by atoms with Gasteiger partial charge in [0.15, 0.2) is 0 Å². The SMILES string of the molecule is NCCC1CCCCN1S(=O)(=O)C1CCS(=O)(=O)CC1. The summed E-state index contributed by atoms with van der Waals surface area (Å²) < 4.78 is 49.9. The molecule has 1 atom stereocenters. The van der Waals surface area contributed by atoms with E-state index in [1.54, 1.807) is 4.31 Å². The Balaban J connectivity index is 2.12. The van der Waals surface area contributed by atoms with Gasteiger partial charge in [-0.1, -0.05) is 6.42 Å². The normalized spacial score (nSPS) is 29.4. The number of hydrogen-bond donors (Lipinski definition) is 1. The van der Waals surface area contributed by atoms with E-state index in [1.165, 1.54) is 0 Å². The minimum absolute atomic E-state index is 0.00252. The Morgan fingerprint density at radius 3 is 2.35 bits per heavy atom. The van der Waals surface area contributed by atoms with Crippen LogP contribution in [0.25, 0.3) is 0 Å². The first-order chi connectivity index (χ1) is 9.37. The van der Waals surface area contributed by atoms with Gasteiger partial charge in [-0.15, -0.1) is 0 Å². The molecule has 2 rings (SSSR count). The van der Waals surface area contributed by atoms with Crippen LogP contribution in [0.3, 0.4) is 0 Å². The van der Waals surface area contributed by atoms with E-state index in [1.807, 2.05) is 0 Å². The second-order valence-corrected chi connectivity index (χ2v) is 10.2. The van der Waals surface area contributed by atoms with Crippen molar-refractivity contribution in [2.45, 2.75) is 49.8 Å². The molecule has 6 nitrogen and oxygen atoms in total. The highest BCUT2D eigenvalue weighted by molar-refractivity contribution is 7.92. The molecule has 2 heterocycles. The zero-order valence-corrected chi connectivity index (χ0v) is 13.3. The van der Waals surface area contributed by atoms with E-state index < -0.39 is 25.1 Å². The molecule has 0 saturated carbocycles. The van der Waals surface area contributed by atoms with E-state index in [-0.39, 0.29) is 30.4 Å². The first-order valence-electron chi connectivity index (χ1n) is 7.28. The fourth-order valence-electron chi connectivity index (χ4n) is 3.15. The molecular formula is C12H24N2O4S2. The Morgan fingerprint density at radius 1 is 1.10 bits per heavy atom. The van der Waals surface area contributed by atoms with Gasteiger partial charge in [0.25, 0.3) is 0 Å². The summed E-state index contributed by atoms with van der Waals surface area (Å²) >= 11 is 0. The number of sulfonamides is 1. The predicted octanol–water partition coefficient (Wildman–Crippen LogP) is 0.0967. The van der Waals surface area contributed by atoms with Crippen LogP contribution >= 0.6 is 0 Å². The molecule has 2 N–H and O–H groups in total. The molecule has 1 unspecified atom stereocenters. The van der Waals surface area contributed by atoms with Gasteiger partial charge in [0.1, 0.15) is 9.84 Å². The molecule has 20 heavy (non-hydrogen) atoms. The van der Waals surface area contributed by atoms with Crippen molar-refractivity contribution in [1.29, 1.82) is 0 Å². The predicted molar refractivity (Wildman–Crippen MR) is 78.6 cm³/mol. The van der Waals surface area contributed by atoms with Gasteiger partial charge in [-0.05, 0) is 38.6 Å². The number of sulfone groups is 1. The van der Waals surface area contributed by atoms with Crippen LogP contribution in [-0.4, -0.2) is 57.0 Å². The van der Waals surface area contributed by atoms with Crippen molar-refractivity contribution in [3.8, 4) is 0 Å². The van der Waals surface area contributed by atoms with E-state index in [2.05, 4.69) is 0 Å². The fraction of sp³-hybridized carbons (Fsp3) is 1.00. The minimum atomic E-state index is -3.39. The molecule has 8 heteroatoms. The van der Waals surface area contributed by atoms with Gasteiger partial charge in [0.2, 0.25) is 10.0 Å². The van der Waals surface area contributed by atoms with Crippen LogP contribution in [0, 0.1) is 0 Å². The van der Waals surface area contributed by atoms with Crippen LogP contribution in [0.4, 0.5) is 0 Å². The first kappa shape index (κ1) is 16.2. The lowest BCUT2D eigenvalue weighted by Crippen LogP contribution is -2.49. The summed E-state index contributed by atoms with van der Waals surface area (Å²) in [5, 5.41) is -0.538. The third kappa shape index (κ3) is 3.52. The summed E-state index contributed by atoms with van der Waals surface area (Å²) in [6.07, 6.45) is 3.93. The van der Waals surface area contributed by atoms with Crippen LogP contribution in [-0.2, 0) is 19.9 Å². The summed E-state index contributed by atoms with van der Waals surface area (Å²) in [5.41, 5.74) is 5.58. The van der Waals surface area contributed by atoms with Crippen LogP contribution in [0.15, 0.2) is 0 Å². The number of rotatable bonds is 4. The highest BCUT2D eigenvalue weighted by Crippen LogP contribution is 2.29. The molecule has 2 aliphatic heterocycles. The summed E-state index contributed by atoms with van der Waals surface area (Å²) in [5.74, 6) is -0.0153.